The van der Waals surface area contributed by atoms with Crippen LogP contribution in [0.4, 0.5) is 0 Å². The zero-order valence-electron chi connectivity index (χ0n) is 6.12. The SMILES string of the molecule is [O-][N+]1=NC=C2NC(Br)=CC=C2C1. The van der Waals surface area contributed by atoms with Crippen molar-refractivity contribution in [2.24, 2.45) is 5.11 Å². The minimum atomic E-state index is 0.315. The first kappa shape index (κ1) is 7.54. The Balaban J connectivity index is 2.35. The van der Waals surface area contributed by atoms with E-state index in [0.29, 0.717) is 11.4 Å². The summed E-state index contributed by atoms with van der Waals surface area (Å²) >= 11 is 3.30. The van der Waals surface area contributed by atoms with Crippen LogP contribution in [0.25, 0.3) is 0 Å². The number of halogens is 1. The molecule has 62 valence electrons. The van der Waals surface area contributed by atoms with Gasteiger partial charge in [-0.05, 0) is 28.1 Å². The quantitative estimate of drug-likeness (QED) is 0.388. The van der Waals surface area contributed by atoms with Gasteiger partial charge < -0.3 is 10.5 Å². The molecular weight excluding hydrogens is 222 g/mol. The highest BCUT2D eigenvalue weighted by Gasteiger charge is 2.17. The maximum atomic E-state index is 10.8. The summed E-state index contributed by atoms with van der Waals surface area (Å²) in [5, 5.41) is 17.5. The molecule has 1 N–H and O–H groups in total. The third-order valence-corrected chi connectivity index (χ3v) is 2.11. The molecule has 2 aliphatic heterocycles. The first-order valence-electron chi connectivity index (χ1n) is 3.45. The number of nitrogens with one attached hydrogen (secondary N) is 1. The molecule has 0 atom stereocenters. The Labute approximate surface area is 77.7 Å². The van der Waals surface area contributed by atoms with Crippen molar-refractivity contribution in [3.8, 4) is 0 Å². The van der Waals surface area contributed by atoms with E-state index in [4.69, 9.17) is 0 Å². The highest BCUT2D eigenvalue weighted by Crippen LogP contribution is 2.20. The summed E-state index contributed by atoms with van der Waals surface area (Å²) in [5.74, 6) is 0. The van der Waals surface area contributed by atoms with Crippen molar-refractivity contribution in [2.45, 2.75) is 0 Å². The predicted octanol–water partition coefficient (Wildman–Crippen LogP) is 1.57. The topological polar surface area (TPSA) is 50.5 Å². The highest BCUT2D eigenvalue weighted by atomic mass is 79.9. The third kappa shape index (κ3) is 1.27. The van der Waals surface area contributed by atoms with E-state index in [-0.39, 0.29) is 0 Å². The van der Waals surface area contributed by atoms with Crippen LogP contribution in [0, 0.1) is 5.21 Å². The van der Waals surface area contributed by atoms with Gasteiger partial charge in [0.2, 0.25) is 6.54 Å². The average Bonchev–Trinajstić information content (AvgIpc) is 2.05. The number of azo groups is 1. The molecule has 12 heavy (non-hydrogen) atoms. The lowest BCUT2D eigenvalue weighted by Gasteiger charge is -2.17. The van der Waals surface area contributed by atoms with E-state index in [1.807, 2.05) is 12.2 Å². The summed E-state index contributed by atoms with van der Waals surface area (Å²) in [7, 11) is 0. The van der Waals surface area contributed by atoms with E-state index in [9.17, 15) is 5.21 Å². The van der Waals surface area contributed by atoms with Crippen LogP contribution in [0.1, 0.15) is 0 Å². The normalized spacial score (nSPS) is 21.1. The Morgan fingerprint density at radius 2 is 2.42 bits per heavy atom. The first-order valence-corrected chi connectivity index (χ1v) is 4.24. The van der Waals surface area contributed by atoms with Gasteiger partial charge in [-0.3, -0.25) is 0 Å². The number of fused-ring (bicyclic) bond motifs is 1. The maximum absolute atomic E-state index is 10.8. The van der Waals surface area contributed by atoms with Gasteiger partial charge in [0.25, 0.3) is 0 Å². The van der Waals surface area contributed by atoms with Crippen molar-refractivity contribution in [1.82, 2.24) is 5.32 Å². The van der Waals surface area contributed by atoms with E-state index < -0.39 is 0 Å². The predicted molar refractivity (Wildman–Crippen MR) is 47.2 cm³/mol. The molecule has 2 aliphatic rings. The molecular formula is C7H6BrN3O. The molecule has 0 saturated heterocycles. The standard InChI is InChI=1S/C7H6BrN3O/c8-7-2-1-5-4-11(12)9-3-6(5)10-7/h1-3,10H,4H2. The minimum absolute atomic E-state index is 0.315. The van der Waals surface area contributed by atoms with Crippen LogP contribution in [0.5, 0.6) is 0 Å². The van der Waals surface area contributed by atoms with Gasteiger partial charge in [-0.15, -0.1) is 0 Å². The number of hydrogen-bond acceptors (Lipinski definition) is 3. The van der Waals surface area contributed by atoms with Gasteiger partial charge >= 0.3 is 0 Å². The molecule has 0 fully saturated rings. The molecule has 0 aliphatic carbocycles. The first-order chi connectivity index (χ1) is 5.75. The van der Waals surface area contributed by atoms with Gasteiger partial charge in [0, 0.05) is 10.7 Å². The van der Waals surface area contributed by atoms with Crippen LogP contribution in [-0.2, 0) is 0 Å². The molecule has 5 heteroatoms. The summed E-state index contributed by atoms with van der Waals surface area (Å²) in [6.45, 7) is 0.315. The molecule has 0 spiro atoms. The Morgan fingerprint density at radius 3 is 3.25 bits per heavy atom. The van der Waals surface area contributed by atoms with Crippen LogP contribution in [-0.4, -0.2) is 11.4 Å². The van der Waals surface area contributed by atoms with Crippen LogP contribution >= 0.6 is 15.9 Å². The summed E-state index contributed by atoms with van der Waals surface area (Å²) in [6.07, 6.45) is 5.29. The van der Waals surface area contributed by atoms with Crippen molar-refractivity contribution in [3.63, 3.8) is 0 Å². The molecule has 0 aromatic carbocycles. The zero-order chi connectivity index (χ0) is 8.55. The molecule has 0 amide bonds. The summed E-state index contributed by atoms with van der Waals surface area (Å²) in [4.78, 5) is 0.657. The maximum Gasteiger partial charge on any atom is 0.208 e. The van der Waals surface area contributed by atoms with E-state index in [0.717, 1.165) is 15.9 Å². The lowest BCUT2D eigenvalue weighted by Crippen LogP contribution is -2.22. The Bertz CT molecular complexity index is 307. The minimum Gasteiger partial charge on any atom is -0.599 e. The highest BCUT2D eigenvalue weighted by molar-refractivity contribution is 9.11. The van der Waals surface area contributed by atoms with Crippen molar-refractivity contribution in [1.29, 1.82) is 0 Å². The van der Waals surface area contributed by atoms with E-state index >= 15 is 0 Å². The van der Waals surface area contributed by atoms with Gasteiger partial charge in [-0.2, -0.15) is 0 Å². The lowest BCUT2D eigenvalue weighted by molar-refractivity contribution is -0.519. The van der Waals surface area contributed by atoms with Crippen LogP contribution in [0.2, 0.25) is 0 Å². The second-order valence-electron chi connectivity index (χ2n) is 2.50. The lowest BCUT2D eigenvalue weighted by atomic mass is 10.1. The number of dihydropyridines is 1. The average molecular weight is 228 g/mol. The number of nitrogens with zero attached hydrogens (tertiary/aromatic N) is 2. The van der Waals surface area contributed by atoms with E-state index in [1.165, 1.54) is 6.20 Å². The molecule has 0 unspecified atom stereocenters. The third-order valence-electron chi connectivity index (χ3n) is 1.65. The van der Waals surface area contributed by atoms with E-state index in [1.54, 1.807) is 0 Å². The van der Waals surface area contributed by atoms with Gasteiger partial charge in [-0.25, -0.2) is 0 Å². The molecule has 0 saturated carbocycles. The number of hydrogen-bond donors (Lipinski definition) is 1. The summed E-state index contributed by atoms with van der Waals surface area (Å²) < 4.78 is 0.882. The van der Waals surface area contributed by atoms with Crippen molar-refractivity contribution in [2.75, 3.05) is 6.54 Å². The fourth-order valence-electron chi connectivity index (χ4n) is 1.08. The van der Waals surface area contributed by atoms with Crippen molar-refractivity contribution in [3.05, 3.63) is 39.4 Å². The fraction of sp³-hybridized carbons (Fsp3) is 0.143. The summed E-state index contributed by atoms with van der Waals surface area (Å²) in [6, 6.07) is 0. The second kappa shape index (κ2) is 2.75. The fourth-order valence-corrected chi connectivity index (χ4v) is 1.42. The largest absolute Gasteiger partial charge is 0.599 e. The summed E-state index contributed by atoms with van der Waals surface area (Å²) in [5.41, 5.74) is 1.85. The van der Waals surface area contributed by atoms with Gasteiger partial charge in [0.1, 0.15) is 6.20 Å². The number of allylic oxidation sites excluding steroid dienone is 2. The molecule has 4 nitrogen and oxygen atoms in total. The van der Waals surface area contributed by atoms with Crippen molar-refractivity contribution < 1.29 is 4.86 Å². The van der Waals surface area contributed by atoms with Gasteiger partial charge in [0.05, 0.1) is 10.3 Å². The van der Waals surface area contributed by atoms with Crippen LogP contribution < -0.4 is 5.32 Å². The van der Waals surface area contributed by atoms with Gasteiger partial charge in [0.15, 0.2) is 0 Å². The van der Waals surface area contributed by atoms with Crippen molar-refractivity contribution >= 4 is 15.9 Å². The molecule has 2 rings (SSSR count). The Morgan fingerprint density at radius 1 is 1.58 bits per heavy atom. The van der Waals surface area contributed by atoms with Crippen LogP contribution in [0.3, 0.4) is 0 Å². The molecule has 0 bridgehead atoms. The number of hydroxylamine groups is 1. The Hall–Kier alpha value is -1.10. The molecule has 0 aromatic rings. The van der Waals surface area contributed by atoms with Gasteiger partial charge in [-0.1, -0.05) is 4.86 Å². The molecule has 0 radical (unpaired) electrons. The molecule has 2 heterocycles. The monoisotopic (exact) mass is 227 g/mol. The number of rotatable bonds is 0. The smallest absolute Gasteiger partial charge is 0.208 e. The zero-order valence-corrected chi connectivity index (χ0v) is 7.71. The Kier molecular flexibility index (Phi) is 1.73. The van der Waals surface area contributed by atoms with Crippen LogP contribution in [0.15, 0.2) is 39.3 Å². The van der Waals surface area contributed by atoms with E-state index in [2.05, 4.69) is 26.4 Å². The molecule has 0 aromatic heterocycles. The second-order valence-corrected chi connectivity index (χ2v) is 3.35.